The van der Waals surface area contributed by atoms with E-state index in [1.54, 1.807) is 17.6 Å². The Morgan fingerprint density at radius 1 is 1.15 bits per heavy atom. The topological polar surface area (TPSA) is 63.3 Å². The lowest BCUT2D eigenvalue weighted by atomic mass is 9.49. The van der Waals surface area contributed by atoms with Gasteiger partial charge in [-0.3, -0.25) is 5.43 Å². The fourth-order valence-electron chi connectivity index (χ4n) is 5.96. The molecule has 2 aromatic rings. The van der Waals surface area contributed by atoms with Gasteiger partial charge in [0.15, 0.2) is 5.11 Å². The molecule has 6 heteroatoms. The highest BCUT2D eigenvalue weighted by molar-refractivity contribution is 7.80. The van der Waals surface area contributed by atoms with E-state index in [0.717, 1.165) is 28.3 Å². The maximum atomic E-state index is 5.37. The number of hydrazone groups is 1. The van der Waals surface area contributed by atoms with Crippen LogP contribution in [-0.4, -0.2) is 16.3 Å². The maximum absolute atomic E-state index is 5.37. The fraction of sp³-hybridized carbons (Fsp3) is 0.476. The van der Waals surface area contributed by atoms with E-state index in [-0.39, 0.29) is 5.11 Å². The van der Waals surface area contributed by atoms with E-state index in [2.05, 4.69) is 28.0 Å². The molecule has 27 heavy (non-hydrogen) atoms. The number of aromatic nitrogens is 1. The molecule has 4 saturated carbocycles. The lowest BCUT2D eigenvalue weighted by molar-refractivity contribution is -0.00689. The van der Waals surface area contributed by atoms with Crippen LogP contribution in [0.1, 0.15) is 49.8 Å². The molecule has 1 aromatic heterocycles. The van der Waals surface area contributed by atoms with Gasteiger partial charge in [-0.25, -0.2) is 4.98 Å². The summed E-state index contributed by atoms with van der Waals surface area (Å²) in [5, 5.41) is 7.64. The van der Waals surface area contributed by atoms with Crippen molar-refractivity contribution in [2.24, 2.45) is 28.6 Å². The Morgan fingerprint density at radius 2 is 1.78 bits per heavy atom. The van der Waals surface area contributed by atoms with E-state index in [1.807, 2.05) is 12.1 Å². The number of hydrogen-bond donors (Lipinski definition) is 2. The molecular weight excluding hydrogens is 372 g/mol. The van der Waals surface area contributed by atoms with Crippen LogP contribution in [0.3, 0.4) is 0 Å². The van der Waals surface area contributed by atoms with Crippen molar-refractivity contribution in [2.45, 2.75) is 43.9 Å². The Labute approximate surface area is 169 Å². The third kappa shape index (κ3) is 3.29. The van der Waals surface area contributed by atoms with E-state index in [9.17, 15) is 0 Å². The van der Waals surface area contributed by atoms with Gasteiger partial charge in [-0.05, 0) is 74.1 Å². The van der Waals surface area contributed by atoms with Crippen LogP contribution in [0.25, 0.3) is 10.6 Å². The highest BCUT2D eigenvalue weighted by Crippen LogP contribution is 2.60. The SMILES string of the molecule is NC(=S)NN=Cc1ccc(-c2nc(C34CC5CC(CC(C5)C3)C4)cs2)cc1. The van der Waals surface area contributed by atoms with Crippen molar-refractivity contribution in [1.82, 2.24) is 10.4 Å². The molecule has 0 unspecified atom stereocenters. The largest absolute Gasteiger partial charge is 0.375 e. The van der Waals surface area contributed by atoms with Gasteiger partial charge >= 0.3 is 0 Å². The standard InChI is InChI=1S/C21H24N4S2/c22-20(26)25-23-11-13-1-3-17(4-2-13)19-24-18(12-27-19)21-8-14-5-15(9-21)7-16(6-14)10-21/h1-4,11-12,14-16H,5-10H2,(H3,22,25,26). The molecular formula is C21H24N4S2. The summed E-state index contributed by atoms with van der Waals surface area (Å²) in [5.41, 5.74) is 11.9. The zero-order chi connectivity index (χ0) is 18.4. The molecule has 0 atom stereocenters. The third-order valence-electron chi connectivity index (χ3n) is 6.63. The molecule has 0 radical (unpaired) electrons. The van der Waals surface area contributed by atoms with E-state index in [0.29, 0.717) is 5.41 Å². The highest BCUT2D eigenvalue weighted by atomic mass is 32.1. The first-order chi connectivity index (χ1) is 13.1. The Bertz CT molecular complexity index is 849. The third-order valence-corrected chi connectivity index (χ3v) is 7.61. The molecule has 3 N–H and O–H groups in total. The van der Waals surface area contributed by atoms with Crippen molar-refractivity contribution in [2.75, 3.05) is 0 Å². The minimum Gasteiger partial charge on any atom is -0.375 e. The van der Waals surface area contributed by atoms with E-state index in [1.165, 1.54) is 49.8 Å². The van der Waals surface area contributed by atoms with E-state index >= 15 is 0 Å². The number of nitrogens with two attached hydrogens (primary N) is 1. The van der Waals surface area contributed by atoms with E-state index in [4.69, 9.17) is 22.9 Å². The second-order valence-electron chi connectivity index (χ2n) is 8.59. The van der Waals surface area contributed by atoms with Crippen molar-refractivity contribution in [3.05, 3.63) is 40.9 Å². The zero-order valence-electron chi connectivity index (χ0n) is 15.2. The highest BCUT2D eigenvalue weighted by Gasteiger charge is 2.52. The Balaban J connectivity index is 1.35. The van der Waals surface area contributed by atoms with Crippen molar-refractivity contribution < 1.29 is 0 Å². The van der Waals surface area contributed by atoms with Crippen LogP contribution in [0.15, 0.2) is 34.7 Å². The summed E-state index contributed by atoms with van der Waals surface area (Å²) in [6, 6.07) is 8.33. The number of hydrogen-bond acceptors (Lipinski definition) is 4. The first-order valence-corrected chi connectivity index (χ1v) is 11.0. The van der Waals surface area contributed by atoms with Gasteiger partial charge in [-0.2, -0.15) is 5.10 Å². The van der Waals surface area contributed by atoms with Crippen molar-refractivity contribution in [3.63, 3.8) is 0 Å². The van der Waals surface area contributed by atoms with Gasteiger partial charge in [0.2, 0.25) is 0 Å². The number of nitrogens with one attached hydrogen (secondary N) is 1. The molecule has 6 rings (SSSR count). The summed E-state index contributed by atoms with van der Waals surface area (Å²) >= 11 is 6.53. The summed E-state index contributed by atoms with van der Waals surface area (Å²) in [6.07, 6.45) is 10.2. The van der Waals surface area contributed by atoms with Crippen molar-refractivity contribution in [3.8, 4) is 10.6 Å². The second kappa shape index (κ2) is 6.67. The first-order valence-electron chi connectivity index (χ1n) is 9.75. The summed E-state index contributed by atoms with van der Waals surface area (Å²) in [7, 11) is 0. The van der Waals surface area contributed by atoms with Gasteiger partial charge in [0.05, 0.1) is 11.9 Å². The first kappa shape index (κ1) is 17.3. The average molecular weight is 397 g/mol. The molecule has 0 saturated heterocycles. The van der Waals surface area contributed by atoms with Crippen molar-refractivity contribution in [1.29, 1.82) is 0 Å². The summed E-state index contributed by atoms with van der Waals surface area (Å²) in [5.74, 6) is 2.86. The Morgan fingerprint density at radius 3 is 2.37 bits per heavy atom. The summed E-state index contributed by atoms with van der Waals surface area (Å²) in [4.78, 5) is 5.12. The molecule has 0 amide bonds. The quantitative estimate of drug-likeness (QED) is 0.455. The van der Waals surface area contributed by atoms with Crippen molar-refractivity contribution >= 4 is 34.9 Å². The Hall–Kier alpha value is -1.79. The smallest absolute Gasteiger partial charge is 0.184 e. The lowest BCUT2D eigenvalue weighted by Crippen LogP contribution is -2.48. The van der Waals surface area contributed by atoms with Crippen LogP contribution in [0.2, 0.25) is 0 Å². The molecule has 4 aliphatic carbocycles. The Kier molecular flexibility index (Phi) is 4.28. The number of nitrogens with zero attached hydrogens (tertiary/aromatic N) is 2. The minimum atomic E-state index is 0.169. The predicted octanol–water partition coefficient (Wildman–Crippen LogP) is 4.45. The lowest BCUT2D eigenvalue weighted by Gasteiger charge is -2.56. The van der Waals surface area contributed by atoms with Crippen LogP contribution in [0.4, 0.5) is 0 Å². The van der Waals surface area contributed by atoms with Gasteiger partial charge in [-0.15, -0.1) is 11.3 Å². The molecule has 4 aliphatic rings. The summed E-state index contributed by atoms with van der Waals surface area (Å²) in [6.45, 7) is 0. The second-order valence-corrected chi connectivity index (χ2v) is 9.89. The van der Waals surface area contributed by atoms with Gasteiger partial charge in [0.1, 0.15) is 5.01 Å². The van der Waals surface area contributed by atoms with Crippen LogP contribution in [-0.2, 0) is 5.41 Å². The number of benzene rings is 1. The van der Waals surface area contributed by atoms with Crippen LogP contribution in [0, 0.1) is 17.8 Å². The summed E-state index contributed by atoms with van der Waals surface area (Å²) < 4.78 is 0. The van der Waals surface area contributed by atoms with Gasteiger partial charge < -0.3 is 5.73 Å². The van der Waals surface area contributed by atoms with Crippen LogP contribution >= 0.6 is 23.6 Å². The molecule has 0 spiro atoms. The van der Waals surface area contributed by atoms with E-state index < -0.39 is 0 Å². The average Bonchev–Trinajstić information content (AvgIpc) is 3.12. The molecule has 1 aromatic carbocycles. The van der Waals surface area contributed by atoms with Gasteiger partial charge in [0.25, 0.3) is 0 Å². The number of rotatable bonds is 4. The molecule has 0 aliphatic heterocycles. The normalized spacial score (nSPS) is 31.5. The molecule has 4 nitrogen and oxygen atoms in total. The maximum Gasteiger partial charge on any atom is 0.184 e. The molecule has 1 heterocycles. The van der Waals surface area contributed by atoms with Crippen LogP contribution in [0.5, 0.6) is 0 Å². The fourth-order valence-corrected chi connectivity index (χ4v) is 6.96. The van der Waals surface area contributed by atoms with Crippen LogP contribution < -0.4 is 11.2 Å². The predicted molar refractivity (Wildman–Crippen MR) is 115 cm³/mol. The zero-order valence-corrected chi connectivity index (χ0v) is 16.9. The molecule has 4 fully saturated rings. The number of thiazole rings is 1. The number of thiocarbonyl (C=S) groups is 1. The molecule has 140 valence electrons. The molecule has 4 bridgehead atoms. The van der Waals surface area contributed by atoms with Gasteiger partial charge in [0, 0.05) is 16.4 Å². The minimum absolute atomic E-state index is 0.169. The van der Waals surface area contributed by atoms with Gasteiger partial charge in [-0.1, -0.05) is 24.3 Å². The monoisotopic (exact) mass is 396 g/mol.